The molecule has 0 radical (unpaired) electrons. The first-order valence-electron chi connectivity index (χ1n) is 8.20. The summed E-state index contributed by atoms with van der Waals surface area (Å²) in [6.45, 7) is 6.43. The number of esters is 1. The van der Waals surface area contributed by atoms with Crippen LogP contribution in [0.3, 0.4) is 0 Å². The van der Waals surface area contributed by atoms with Gasteiger partial charge in [0.2, 0.25) is 0 Å². The smallest absolute Gasteiger partial charge is 0.335 e. The van der Waals surface area contributed by atoms with Crippen molar-refractivity contribution >= 4 is 11.7 Å². The number of likely N-dealkylation sites (tertiary alicyclic amines) is 1. The van der Waals surface area contributed by atoms with Gasteiger partial charge in [-0.05, 0) is 24.1 Å². The van der Waals surface area contributed by atoms with Gasteiger partial charge in [-0.2, -0.15) is 0 Å². The Morgan fingerprint density at radius 2 is 1.96 bits per heavy atom. The molecule has 0 unspecified atom stereocenters. The third-order valence-electron chi connectivity index (χ3n) is 4.15. The molecule has 0 aromatic heterocycles. The van der Waals surface area contributed by atoms with Crippen LogP contribution in [-0.4, -0.2) is 30.0 Å². The Hall–Kier alpha value is -2.59. The van der Waals surface area contributed by atoms with E-state index in [1.54, 1.807) is 6.07 Å². The number of carbonyl (C=O) groups excluding carboxylic acids is 1. The highest BCUT2D eigenvalue weighted by atomic mass is 16.5. The maximum Gasteiger partial charge on any atom is 0.335 e. The Morgan fingerprint density at radius 1 is 1.21 bits per heavy atom. The SMILES string of the molecule is C=CC(=O)Oc1ccccc1N[C@@H]1CCN(Cc2ccccc2)C1. The van der Waals surface area contributed by atoms with Crippen LogP contribution < -0.4 is 10.1 Å². The number of nitrogens with zero attached hydrogens (tertiary/aromatic N) is 1. The van der Waals surface area contributed by atoms with Crippen LogP contribution in [0.5, 0.6) is 5.75 Å². The molecule has 24 heavy (non-hydrogen) atoms. The average Bonchev–Trinajstić information content (AvgIpc) is 3.04. The molecule has 1 aliphatic heterocycles. The van der Waals surface area contributed by atoms with Crippen LogP contribution in [0.4, 0.5) is 5.69 Å². The van der Waals surface area contributed by atoms with E-state index in [1.807, 2.05) is 24.3 Å². The van der Waals surface area contributed by atoms with E-state index in [0.717, 1.165) is 31.7 Å². The summed E-state index contributed by atoms with van der Waals surface area (Å²) in [4.78, 5) is 13.9. The molecule has 3 rings (SSSR count). The number of nitrogens with one attached hydrogen (secondary N) is 1. The van der Waals surface area contributed by atoms with Gasteiger partial charge in [0.05, 0.1) is 5.69 Å². The summed E-state index contributed by atoms with van der Waals surface area (Å²) < 4.78 is 5.29. The van der Waals surface area contributed by atoms with Crippen molar-refractivity contribution in [3.8, 4) is 5.75 Å². The zero-order valence-corrected chi connectivity index (χ0v) is 13.7. The molecule has 0 saturated carbocycles. The molecule has 4 nitrogen and oxygen atoms in total. The lowest BCUT2D eigenvalue weighted by Crippen LogP contribution is -2.26. The molecule has 0 bridgehead atoms. The lowest BCUT2D eigenvalue weighted by molar-refractivity contribution is -0.128. The van der Waals surface area contributed by atoms with Gasteiger partial charge in [-0.25, -0.2) is 4.79 Å². The molecule has 2 aromatic rings. The first kappa shape index (κ1) is 16.3. The summed E-state index contributed by atoms with van der Waals surface area (Å²) in [5.41, 5.74) is 2.18. The summed E-state index contributed by atoms with van der Waals surface area (Å²) >= 11 is 0. The second-order valence-electron chi connectivity index (χ2n) is 5.97. The van der Waals surface area contributed by atoms with E-state index in [1.165, 1.54) is 11.6 Å². The highest BCUT2D eigenvalue weighted by molar-refractivity contribution is 5.84. The number of carbonyl (C=O) groups is 1. The van der Waals surface area contributed by atoms with Gasteiger partial charge in [0.1, 0.15) is 0 Å². The van der Waals surface area contributed by atoms with Crippen molar-refractivity contribution in [2.24, 2.45) is 0 Å². The van der Waals surface area contributed by atoms with Crippen LogP contribution in [-0.2, 0) is 11.3 Å². The first-order chi connectivity index (χ1) is 11.7. The quantitative estimate of drug-likeness (QED) is 0.502. The van der Waals surface area contributed by atoms with Crippen LogP contribution in [0.2, 0.25) is 0 Å². The molecular weight excluding hydrogens is 300 g/mol. The Morgan fingerprint density at radius 3 is 2.75 bits per heavy atom. The summed E-state index contributed by atoms with van der Waals surface area (Å²) in [5, 5.41) is 3.50. The molecule has 1 heterocycles. The Labute approximate surface area is 142 Å². The highest BCUT2D eigenvalue weighted by Gasteiger charge is 2.23. The Kier molecular flexibility index (Phi) is 5.29. The van der Waals surface area contributed by atoms with Gasteiger partial charge in [0, 0.05) is 31.8 Å². The van der Waals surface area contributed by atoms with Crippen LogP contribution in [0.15, 0.2) is 67.3 Å². The summed E-state index contributed by atoms with van der Waals surface area (Å²) in [6, 6.07) is 18.4. The number of anilines is 1. The summed E-state index contributed by atoms with van der Waals surface area (Å²) in [6.07, 6.45) is 2.24. The lowest BCUT2D eigenvalue weighted by atomic mass is 10.2. The molecule has 0 amide bonds. The monoisotopic (exact) mass is 322 g/mol. The van der Waals surface area contributed by atoms with Crippen molar-refractivity contribution in [2.45, 2.75) is 19.0 Å². The van der Waals surface area contributed by atoms with Crippen LogP contribution in [0, 0.1) is 0 Å². The number of ether oxygens (including phenoxy) is 1. The molecule has 1 atom stereocenters. The molecule has 1 aliphatic rings. The molecule has 0 spiro atoms. The second-order valence-corrected chi connectivity index (χ2v) is 5.97. The minimum atomic E-state index is -0.443. The van der Waals surface area contributed by atoms with Crippen molar-refractivity contribution in [1.29, 1.82) is 0 Å². The number of hydrogen-bond donors (Lipinski definition) is 1. The normalized spacial score (nSPS) is 17.4. The van der Waals surface area contributed by atoms with Crippen LogP contribution >= 0.6 is 0 Å². The largest absolute Gasteiger partial charge is 0.421 e. The molecule has 1 N–H and O–H groups in total. The fourth-order valence-electron chi connectivity index (χ4n) is 2.98. The molecule has 1 saturated heterocycles. The van der Waals surface area contributed by atoms with E-state index in [0.29, 0.717) is 11.8 Å². The van der Waals surface area contributed by atoms with E-state index in [-0.39, 0.29) is 0 Å². The zero-order chi connectivity index (χ0) is 16.8. The summed E-state index contributed by atoms with van der Waals surface area (Å²) in [5.74, 6) is 0.102. The predicted molar refractivity (Wildman–Crippen MR) is 96.0 cm³/mol. The minimum absolute atomic E-state index is 0.345. The van der Waals surface area contributed by atoms with Crippen molar-refractivity contribution in [2.75, 3.05) is 18.4 Å². The van der Waals surface area contributed by atoms with Crippen molar-refractivity contribution in [3.63, 3.8) is 0 Å². The topological polar surface area (TPSA) is 41.6 Å². The fourth-order valence-corrected chi connectivity index (χ4v) is 2.98. The molecule has 4 heteroatoms. The lowest BCUT2D eigenvalue weighted by Gasteiger charge is -2.18. The molecule has 2 aromatic carbocycles. The molecule has 1 fully saturated rings. The standard InChI is InChI=1S/C20H22N2O2/c1-2-20(23)24-19-11-7-6-10-18(19)21-17-12-13-22(15-17)14-16-8-4-3-5-9-16/h2-11,17,21H,1,12-15H2/t17-/m1/s1. The highest BCUT2D eigenvalue weighted by Crippen LogP contribution is 2.27. The second kappa shape index (κ2) is 7.79. The molecule has 0 aliphatic carbocycles. The third kappa shape index (κ3) is 4.24. The molecular formula is C20H22N2O2. The predicted octanol–water partition coefficient (Wildman–Crippen LogP) is 3.46. The van der Waals surface area contributed by atoms with Gasteiger partial charge >= 0.3 is 5.97 Å². The fraction of sp³-hybridized carbons (Fsp3) is 0.250. The number of rotatable bonds is 6. The van der Waals surface area contributed by atoms with E-state index >= 15 is 0 Å². The number of hydrogen-bond acceptors (Lipinski definition) is 4. The maximum absolute atomic E-state index is 11.4. The minimum Gasteiger partial charge on any atom is -0.421 e. The van der Waals surface area contributed by atoms with Crippen molar-refractivity contribution in [3.05, 3.63) is 72.8 Å². The maximum atomic E-state index is 11.4. The van der Waals surface area contributed by atoms with Crippen molar-refractivity contribution < 1.29 is 9.53 Å². The van der Waals surface area contributed by atoms with Gasteiger partial charge < -0.3 is 10.1 Å². The van der Waals surface area contributed by atoms with E-state index < -0.39 is 5.97 Å². The Bertz CT molecular complexity index is 700. The van der Waals surface area contributed by atoms with Crippen LogP contribution in [0.1, 0.15) is 12.0 Å². The molecule has 124 valence electrons. The Balaban J connectivity index is 1.59. The van der Waals surface area contributed by atoms with Crippen molar-refractivity contribution in [1.82, 2.24) is 4.90 Å². The van der Waals surface area contributed by atoms with Gasteiger partial charge in [0.25, 0.3) is 0 Å². The van der Waals surface area contributed by atoms with Gasteiger partial charge in [-0.1, -0.05) is 49.0 Å². The van der Waals surface area contributed by atoms with E-state index in [9.17, 15) is 4.79 Å². The van der Waals surface area contributed by atoms with Gasteiger partial charge in [-0.15, -0.1) is 0 Å². The van der Waals surface area contributed by atoms with E-state index in [2.05, 4.69) is 41.1 Å². The average molecular weight is 322 g/mol. The number of benzene rings is 2. The van der Waals surface area contributed by atoms with Crippen LogP contribution in [0.25, 0.3) is 0 Å². The van der Waals surface area contributed by atoms with E-state index in [4.69, 9.17) is 4.74 Å². The zero-order valence-electron chi connectivity index (χ0n) is 13.7. The van der Waals surface area contributed by atoms with Gasteiger partial charge in [0.15, 0.2) is 5.75 Å². The summed E-state index contributed by atoms with van der Waals surface area (Å²) in [7, 11) is 0. The third-order valence-corrected chi connectivity index (χ3v) is 4.15. The first-order valence-corrected chi connectivity index (χ1v) is 8.20. The number of para-hydroxylation sites is 2. The van der Waals surface area contributed by atoms with Gasteiger partial charge in [-0.3, -0.25) is 4.90 Å².